The maximum atomic E-state index is 12.2. The summed E-state index contributed by atoms with van der Waals surface area (Å²) in [5.41, 5.74) is 3.60. The molecule has 5 heteroatoms. The van der Waals surface area contributed by atoms with Crippen molar-refractivity contribution in [3.8, 4) is 0 Å². The van der Waals surface area contributed by atoms with E-state index < -0.39 is 0 Å². The number of hydrogen-bond acceptors (Lipinski definition) is 4. The van der Waals surface area contributed by atoms with Crippen LogP contribution in [0.15, 0.2) is 56.5 Å². The summed E-state index contributed by atoms with van der Waals surface area (Å²) in [6.45, 7) is 4.46. The Labute approximate surface area is 150 Å². The van der Waals surface area contributed by atoms with Gasteiger partial charge in [-0.05, 0) is 37.5 Å². The van der Waals surface area contributed by atoms with Crippen molar-refractivity contribution < 1.29 is 4.42 Å². The highest BCUT2D eigenvalue weighted by Crippen LogP contribution is 2.38. The molecule has 2 aliphatic rings. The zero-order valence-corrected chi connectivity index (χ0v) is 14.6. The lowest BCUT2D eigenvalue weighted by Gasteiger charge is -2.43. The first-order chi connectivity index (χ1) is 12.6. The minimum Gasteiger partial charge on any atom is -0.423 e. The molecule has 5 rings (SSSR count). The molecule has 2 aliphatic heterocycles. The maximum absolute atomic E-state index is 12.2. The minimum absolute atomic E-state index is 0.0899. The second-order valence-electron chi connectivity index (χ2n) is 7.55. The fourth-order valence-electron chi connectivity index (χ4n) is 4.62. The molecule has 0 N–H and O–H groups in total. The molecule has 0 amide bonds. The van der Waals surface area contributed by atoms with E-state index >= 15 is 0 Å². The smallest absolute Gasteiger partial charge is 0.338 e. The summed E-state index contributed by atoms with van der Waals surface area (Å²) in [5.74, 6) is 0.719. The summed E-state index contributed by atoms with van der Waals surface area (Å²) in [6, 6.07) is 13.1. The van der Waals surface area contributed by atoms with E-state index in [4.69, 9.17) is 4.42 Å². The Balaban J connectivity index is 1.62. The number of anilines is 1. The number of aromatic nitrogens is 1. The number of aryl methyl sites for hydroxylation is 1. The predicted octanol–water partition coefficient (Wildman–Crippen LogP) is 2.89. The van der Waals surface area contributed by atoms with Crippen LogP contribution in [0.1, 0.15) is 23.6 Å². The van der Waals surface area contributed by atoms with Crippen molar-refractivity contribution in [2.24, 2.45) is 5.92 Å². The molecule has 1 aromatic carbocycles. The van der Waals surface area contributed by atoms with Crippen molar-refractivity contribution in [1.29, 1.82) is 0 Å². The number of pyridine rings is 1. The third kappa shape index (κ3) is 2.38. The molecule has 3 aromatic rings. The molecule has 4 heterocycles. The Bertz CT molecular complexity index is 1130. The molecular formula is C21H20N2O3. The first kappa shape index (κ1) is 15.4. The molecule has 0 saturated carbocycles. The third-order valence-corrected chi connectivity index (χ3v) is 5.70. The maximum Gasteiger partial charge on any atom is 0.338 e. The summed E-state index contributed by atoms with van der Waals surface area (Å²) in [6.07, 6.45) is 1.10. The second-order valence-corrected chi connectivity index (χ2v) is 7.55. The Hall–Kier alpha value is -2.82. The SMILES string of the molecule is Cc1ccc2oc(=O)cc(N3C[C@@H]4C[C@H](C3)c3cccc(=O)n3C4)c2c1. The first-order valence-corrected chi connectivity index (χ1v) is 9.08. The van der Waals surface area contributed by atoms with Crippen molar-refractivity contribution in [3.05, 3.63) is 74.5 Å². The number of benzene rings is 1. The van der Waals surface area contributed by atoms with Crippen LogP contribution in [0.4, 0.5) is 5.69 Å². The van der Waals surface area contributed by atoms with Crippen molar-refractivity contribution in [3.63, 3.8) is 0 Å². The van der Waals surface area contributed by atoms with E-state index in [1.54, 1.807) is 12.1 Å². The molecular weight excluding hydrogens is 328 g/mol. The van der Waals surface area contributed by atoms with Gasteiger partial charge >= 0.3 is 5.63 Å². The van der Waals surface area contributed by atoms with Gasteiger partial charge in [0, 0.05) is 48.8 Å². The van der Waals surface area contributed by atoms with Gasteiger partial charge in [0.2, 0.25) is 0 Å². The van der Waals surface area contributed by atoms with E-state index in [-0.39, 0.29) is 11.2 Å². The summed E-state index contributed by atoms with van der Waals surface area (Å²) in [7, 11) is 0. The van der Waals surface area contributed by atoms with Crippen LogP contribution in [-0.2, 0) is 6.54 Å². The van der Waals surface area contributed by atoms with Gasteiger partial charge in [-0.3, -0.25) is 4.79 Å². The van der Waals surface area contributed by atoms with Crippen molar-refractivity contribution in [1.82, 2.24) is 4.57 Å². The van der Waals surface area contributed by atoms with Gasteiger partial charge in [-0.2, -0.15) is 0 Å². The third-order valence-electron chi connectivity index (χ3n) is 5.70. The van der Waals surface area contributed by atoms with Crippen molar-refractivity contribution >= 4 is 16.7 Å². The average Bonchev–Trinajstić information content (AvgIpc) is 2.62. The van der Waals surface area contributed by atoms with Crippen LogP contribution in [0.5, 0.6) is 0 Å². The van der Waals surface area contributed by atoms with E-state index in [0.717, 1.165) is 48.4 Å². The van der Waals surface area contributed by atoms with Gasteiger partial charge in [0.1, 0.15) is 5.58 Å². The van der Waals surface area contributed by atoms with E-state index in [0.29, 0.717) is 17.4 Å². The molecule has 5 nitrogen and oxygen atoms in total. The quantitative estimate of drug-likeness (QED) is 0.635. The largest absolute Gasteiger partial charge is 0.423 e. The topological polar surface area (TPSA) is 55.5 Å². The highest BCUT2D eigenvalue weighted by molar-refractivity contribution is 5.90. The minimum atomic E-state index is -0.316. The number of fused-ring (bicyclic) bond motifs is 5. The molecule has 1 fully saturated rings. The molecule has 2 bridgehead atoms. The lowest BCUT2D eigenvalue weighted by molar-refractivity contribution is 0.281. The molecule has 0 radical (unpaired) electrons. The Morgan fingerprint density at radius 3 is 2.81 bits per heavy atom. The number of rotatable bonds is 1. The summed E-state index contributed by atoms with van der Waals surface area (Å²) < 4.78 is 7.31. The standard InChI is InChI=1S/C21H20N2O3/c1-13-5-6-19-16(7-13)18(9-21(25)26-19)22-10-14-8-15(12-22)17-3-2-4-20(24)23(17)11-14/h2-7,9,14-15H,8,10-12H2,1H3/t14-,15+/m0/s1. The van der Waals surface area contributed by atoms with Crippen LogP contribution in [0.3, 0.4) is 0 Å². The van der Waals surface area contributed by atoms with Crippen molar-refractivity contribution in [2.45, 2.75) is 25.8 Å². The van der Waals surface area contributed by atoms with Gasteiger partial charge in [0.05, 0.1) is 5.69 Å². The molecule has 2 atom stereocenters. The van der Waals surface area contributed by atoms with E-state index in [9.17, 15) is 9.59 Å². The van der Waals surface area contributed by atoms with Crippen LogP contribution in [0.2, 0.25) is 0 Å². The van der Waals surface area contributed by atoms with E-state index in [1.165, 1.54) is 0 Å². The average molecular weight is 348 g/mol. The molecule has 1 saturated heterocycles. The molecule has 0 unspecified atom stereocenters. The second kappa shape index (κ2) is 5.59. The van der Waals surface area contributed by atoms with Crippen LogP contribution in [0.25, 0.3) is 11.0 Å². The highest BCUT2D eigenvalue weighted by atomic mass is 16.4. The van der Waals surface area contributed by atoms with Gasteiger partial charge in [-0.25, -0.2) is 4.79 Å². The van der Waals surface area contributed by atoms with Gasteiger partial charge in [-0.15, -0.1) is 0 Å². The van der Waals surface area contributed by atoms with E-state index in [2.05, 4.69) is 17.0 Å². The molecule has 0 spiro atoms. The fraction of sp³-hybridized carbons (Fsp3) is 0.333. The van der Waals surface area contributed by atoms with Gasteiger partial charge in [0.25, 0.3) is 5.56 Å². The Kier molecular flexibility index (Phi) is 3.32. The van der Waals surface area contributed by atoms with Gasteiger partial charge in [0.15, 0.2) is 0 Å². The Morgan fingerprint density at radius 1 is 1.04 bits per heavy atom. The predicted molar refractivity (Wildman–Crippen MR) is 101 cm³/mol. The van der Waals surface area contributed by atoms with Gasteiger partial charge < -0.3 is 13.9 Å². The van der Waals surface area contributed by atoms with Gasteiger partial charge in [-0.1, -0.05) is 17.7 Å². The zero-order chi connectivity index (χ0) is 17.8. The normalized spacial score (nSPS) is 21.7. The monoisotopic (exact) mass is 348 g/mol. The molecule has 2 aromatic heterocycles. The van der Waals surface area contributed by atoms with Crippen LogP contribution in [-0.4, -0.2) is 17.7 Å². The highest BCUT2D eigenvalue weighted by Gasteiger charge is 2.35. The summed E-state index contributed by atoms with van der Waals surface area (Å²) in [4.78, 5) is 26.6. The molecule has 0 aliphatic carbocycles. The van der Waals surface area contributed by atoms with Crippen LogP contribution in [0, 0.1) is 12.8 Å². The fourth-order valence-corrected chi connectivity index (χ4v) is 4.62. The Morgan fingerprint density at radius 2 is 1.92 bits per heavy atom. The van der Waals surface area contributed by atoms with Crippen LogP contribution < -0.4 is 16.1 Å². The zero-order valence-electron chi connectivity index (χ0n) is 14.6. The first-order valence-electron chi connectivity index (χ1n) is 9.08. The number of hydrogen-bond donors (Lipinski definition) is 0. The molecule has 26 heavy (non-hydrogen) atoms. The lowest BCUT2D eigenvalue weighted by Crippen LogP contribution is -2.47. The number of nitrogens with zero attached hydrogens (tertiary/aromatic N) is 2. The van der Waals surface area contributed by atoms with E-state index in [1.807, 2.05) is 29.7 Å². The summed E-state index contributed by atoms with van der Waals surface area (Å²) in [5, 5.41) is 0.982. The number of piperidine rings is 1. The van der Waals surface area contributed by atoms with Crippen LogP contribution >= 0.6 is 0 Å². The molecule has 132 valence electrons. The van der Waals surface area contributed by atoms with Crippen molar-refractivity contribution in [2.75, 3.05) is 18.0 Å². The summed E-state index contributed by atoms with van der Waals surface area (Å²) >= 11 is 0. The lowest BCUT2D eigenvalue weighted by atomic mass is 9.83.